The number of nitrogens with two attached hydrogens (primary N) is 1. The highest BCUT2D eigenvalue weighted by atomic mass is 19.4. The molecule has 1 amide bonds. The van der Waals surface area contributed by atoms with Crippen LogP contribution in [0.5, 0.6) is 6.01 Å². The number of carbonyl (C=O) groups excluding carboxylic acids is 1. The fourth-order valence-electron chi connectivity index (χ4n) is 6.46. The number of alkyl halides is 4. The quantitative estimate of drug-likeness (QED) is 0.547. The molecule has 2 atom stereocenters. The van der Waals surface area contributed by atoms with Gasteiger partial charge in [-0.05, 0) is 44.4 Å². The lowest BCUT2D eigenvalue weighted by molar-refractivity contribution is -0.137. The van der Waals surface area contributed by atoms with Crippen molar-refractivity contribution in [3.63, 3.8) is 0 Å². The summed E-state index contributed by atoms with van der Waals surface area (Å²) in [5.41, 5.74) is 4.55. The van der Waals surface area contributed by atoms with E-state index >= 15 is 0 Å². The van der Waals surface area contributed by atoms with Crippen LogP contribution in [0.15, 0.2) is 6.07 Å². The number of fused-ring (bicyclic) bond motifs is 2. The highest BCUT2D eigenvalue weighted by Gasteiger charge is 2.50. The van der Waals surface area contributed by atoms with Gasteiger partial charge in [-0.25, -0.2) is 9.37 Å². The minimum absolute atomic E-state index is 0.00450. The van der Waals surface area contributed by atoms with Crippen molar-refractivity contribution in [3.8, 4) is 6.01 Å². The molecule has 0 spiro atoms. The second kappa shape index (κ2) is 9.98. The number of halogens is 4. The Morgan fingerprint density at radius 2 is 1.98 bits per heavy atom. The number of anilines is 3. The summed E-state index contributed by atoms with van der Waals surface area (Å²) in [6.07, 6.45) is -2.92. The smallest absolute Gasteiger partial charge is 0.420 e. The van der Waals surface area contributed by atoms with Gasteiger partial charge in [0.15, 0.2) is 5.82 Å². The summed E-state index contributed by atoms with van der Waals surface area (Å²) in [4.78, 5) is 31.7. The first-order valence-electron chi connectivity index (χ1n) is 13.5. The molecule has 2 aromatic rings. The van der Waals surface area contributed by atoms with Crippen molar-refractivity contribution in [1.29, 1.82) is 0 Å². The van der Waals surface area contributed by atoms with Crippen molar-refractivity contribution in [1.82, 2.24) is 19.9 Å². The van der Waals surface area contributed by atoms with E-state index in [1.807, 2.05) is 4.90 Å². The third-order valence-electron chi connectivity index (χ3n) is 8.22. The third kappa shape index (κ3) is 4.70. The van der Waals surface area contributed by atoms with Gasteiger partial charge in [0, 0.05) is 32.7 Å². The van der Waals surface area contributed by atoms with Crippen LogP contribution in [0, 0.1) is 6.92 Å². The Kier molecular flexibility index (Phi) is 6.72. The van der Waals surface area contributed by atoms with E-state index in [4.69, 9.17) is 15.2 Å². The van der Waals surface area contributed by atoms with E-state index in [1.54, 1.807) is 0 Å². The zero-order valence-corrected chi connectivity index (χ0v) is 22.1. The molecule has 3 fully saturated rings. The molecule has 14 heteroatoms. The van der Waals surface area contributed by atoms with Crippen LogP contribution in [0.25, 0.3) is 0 Å². The number of nitrogen functional groups attached to an aromatic ring is 1. The molecule has 3 saturated heterocycles. The van der Waals surface area contributed by atoms with Crippen molar-refractivity contribution in [3.05, 3.63) is 28.5 Å². The Labute approximate surface area is 228 Å². The summed E-state index contributed by atoms with van der Waals surface area (Å²) < 4.78 is 68.2. The normalized spacial score (nSPS) is 25.3. The van der Waals surface area contributed by atoms with Crippen molar-refractivity contribution in [2.75, 3.05) is 61.5 Å². The molecule has 216 valence electrons. The van der Waals surface area contributed by atoms with Gasteiger partial charge in [-0.1, -0.05) is 0 Å². The van der Waals surface area contributed by atoms with Gasteiger partial charge in [-0.2, -0.15) is 23.1 Å². The molecule has 0 saturated carbocycles. The van der Waals surface area contributed by atoms with E-state index in [2.05, 4.69) is 19.9 Å². The molecule has 4 aliphatic rings. The molecule has 2 aromatic heterocycles. The first-order chi connectivity index (χ1) is 19.1. The van der Waals surface area contributed by atoms with Crippen LogP contribution in [-0.2, 0) is 17.5 Å². The first-order valence-corrected chi connectivity index (χ1v) is 13.5. The Morgan fingerprint density at radius 3 is 2.77 bits per heavy atom. The molecule has 10 nitrogen and oxygen atoms in total. The fraction of sp³-hybridized carbons (Fsp3) is 0.615. The summed E-state index contributed by atoms with van der Waals surface area (Å²) in [5.74, 6) is -1.11. The number of amides is 1. The van der Waals surface area contributed by atoms with Gasteiger partial charge in [0.05, 0.1) is 24.4 Å². The maximum absolute atomic E-state index is 14.3. The number of hydrogen-bond donors (Lipinski definition) is 1. The van der Waals surface area contributed by atoms with Gasteiger partial charge in [-0.15, -0.1) is 0 Å². The molecule has 4 aliphatic heterocycles. The molecule has 6 heterocycles. The molecule has 40 heavy (non-hydrogen) atoms. The predicted octanol–water partition coefficient (Wildman–Crippen LogP) is 3.12. The highest BCUT2D eigenvalue weighted by molar-refractivity contribution is 6.12. The minimum Gasteiger partial charge on any atom is -0.461 e. The second-order valence-corrected chi connectivity index (χ2v) is 10.9. The van der Waals surface area contributed by atoms with Crippen molar-refractivity contribution in [2.45, 2.75) is 57.0 Å². The van der Waals surface area contributed by atoms with E-state index in [0.29, 0.717) is 45.7 Å². The summed E-state index contributed by atoms with van der Waals surface area (Å²) in [5, 5.41) is 0. The highest BCUT2D eigenvalue weighted by Crippen LogP contribution is 2.43. The van der Waals surface area contributed by atoms with Gasteiger partial charge in [0.1, 0.15) is 35.5 Å². The number of aryl methyl sites for hydroxylation is 1. The standard InChI is InChI=1S/C26H31F4N7O3/c1-15-10-18(31)33-22(20(15)26(28,29)30)37-13-17-19(23(37)38)21(35-5-3-8-39-9-7-35)34-24(32-17)40-14-25-4-2-6-36(25)12-16(27)11-25/h10,16H,2-9,11-14H2,1H3,(H2,31,33)/t16-,25?/m1/s1. The lowest BCUT2D eigenvalue weighted by atomic mass is 9.95. The molecular weight excluding hydrogens is 534 g/mol. The maximum Gasteiger partial charge on any atom is 0.420 e. The van der Waals surface area contributed by atoms with Gasteiger partial charge in [0.25, 0.3) is 5.91 Å². The van der Waals surface area contributed by atoms with Gasteiger partial charge < -0.3 is 20.1 Å². The number of ether oxygens (including phenoxy) is 2. The van der Waals surface area contributed by atoms with Crippen molar-refractivity contribution in [2.24, 2.45) is 0 Å². The van der Waals surface area contributed by atoms with E-state index in [1.165, 1.54) is 6.92 Å². The van der Waals surface area contributed by atoms with Crippen molar-refractivity contribution < 1.29 is 31.8 Å². The molecule has 0 aliphatic carbocycles. The monoisotopic (exact) mass is 565 g/mol. The average molecular weight is 566 g/mol. The average Bonchev–Trinajstić information content (AvgIpc) is 3.41. The van der Waals surface area contributed by atoms with Crippen LogP contribution in [0.3, 0.4) is 0 Å². The number of carbonyl (C=O) groups is 1. The van der Waals surface area contributed by atoms with E-state index in [0.717, 1.165) is 30.4 Å². The maximum atomic E-state index is 14.3. The Morgan fingerprint density at radius 1 is 1.15 bits per heavy atom. The van der Waals surface area contributed by atoms with E-state index < -0.39 is 35.2 Å². The zero-order chi connectivity index (χ0) is 28.2. The van der Waals surface area contributed by atoms with Crippen LogP contribution in [0.2, 0.25) is 0 Å². The third-order valence-corrected chi connectivity index (χ3v) is 8.22. The predicted molar refractivity (Wildman–Crippen MR) is 137 cm³/mol. The largest absolute Gasteiger partial charge is 0.461 e. The SMILES string of the molecule is Cc1cc(N)nc(N2Cc3nc(OCC45CCCN4C[C@H](F)C5)nc(N4CCCOCC4)c3C2=O)c1C(F)(F)F. The van der Waals surface area contributed by atoms with E-state index in [-0.39, 0.29) is 47.6 Å². The van der Waals surface area contributed by atoms with E-state index in [9.17, 15) is 22.4 Å². The molecule has 0 bridgehead atoms. The Balaban J connectivity index is 1.38. The zero-order valence-electron chi connectivity index (χ0n) is 22.1. The first kappa shape index (κ1) is 26.9. The lowest BCUT2D eigenvalue weighted by Crippen LogP contribution is -2.43. The van der Waals surface area contributed by atoms with Gasteiger partial charge >= 0.3 is 12.2 Å². The summed E-state index contributed by atoms with van der Waals surface area (Å²) in [7, 11) is 0. The van der Waals surface area contributed by atoms with Gasteiger partial charge in [0.2, 0.25) is 0 Å². The molecule has 0 aromatic carbocycles. The molecule has 1 unspecified atom stereocenters. The van der Waals surface area contributed by atoms with Crippen LogP contribution in [0.4, 0.5) is 35.0 Å². The lowest BCUT2D eigenvalue weighted by Gasteiger charge is -2.31. The number of nitrogens with zero attached hydrogens (tertiary/aromatic N) is 6. The second-order valence-electron chi connectivity index (χ2n) is 10.9. The fourth-order valence-corrected chi connectivity index (χ4v) is 6.46. The van der Waals surface area contributed by atoms with Crippen LogP contribution in [-0.4, -0.2) is 83.5 Å². The Bertz CT molecular complexity index is 1320. The molecule has 0 radical (unpaired) electrons. The summed E-state index contributed by atoms with van der Waals surface area (Å²) in [6, 6.07) is 1.13. The number of hydrogen-bond acceptors (Lipinski definition) is 9. The van der Waals surface area contributed by atoms with Crippen LogP contribution >= 0.6 is 0 Å². The number of aromatic nitrogens is 3. The summed E-state index contributed by atoms with van der Waals surface area (Å²) in [6.45, 7) is 4.27. The number of pyridine rings is 1. The Hall–Kier alpha value is -3.26. The van der Waals surface area contributed by atoms with Crippen LogP contribution in [0.1, 0.15) is 52.9 Å². The molecule has 6 rings (SSSR count). The van der Waals surface area contributed by atoms with Crippen LogP contribution < -0.4 is 20.3 Å². The minimum atomic E-state index is -4.76. The van der Waals surface area contributed by atoms with Crippen molar-refractivity contribution >= 4 is 23.4 Å². The molecular formula is C26H31F4N7O3. The summed E-state index contributed by atoms with van der Waals surface area (Å²) >= 11 is 0. The number of rotatable bonds is 5. The topological polar surface area (TPSA) is 110 Å². The molecule has 2 N–H and O–H groups in total. The van der Waals surface area contributed by atoms with Gasteiger partial charge in [-0.3, -0.25) is 14.6 Å².